The Balaban J connectivity index is 2.36. The van der Waals surface area contributed by atoms with Gasteiger partial charge in [-0.3, -0.25) is 0 Å². The normalized spacial score (nSPS) is 10.5. The molecule has 0 saturated heterocycles. The van der Waals surface area contributed by atoms with Crippen molar-refractivity contribution in [2.75, 3.05) is 0 Å². The Labute approximate surface area is 103 Å². The van der Waals surface area contributed by atoms with Crippen LogP contribution in [0, 0.1) is 13.8 Å². The van der Waals surface area contributed by atoms with Gasteiger partial charge in [-0.2, -0.15) is 0 Å². The largest absolute Gasteiger partial charge is 0.238 e. The fraction of sp³-hybridized carbons (Fsp3) is 0.333. The van der Waals surface area contributed by atoms with Crippen LogP contribution in [-0.2, 0) is 12.8 Å². The zero-order chi connectivity index (χ0) is 12.3. The molecular formula is C15H18N2. The van der Waals surface area contributed by atoms with Gasteiger partial charge in [0.15, 0.2) is 0 Å². The van der Waals surface area contributed by atoms with Gasteiger partial charge >= 0.3 is 0 Å². The molecule has 0 radical (unpaired) electrons. The third-order valence-electron chi connectivity index (χ3n) is 3.01. The van der Waals surface area contributed by atoms with E-state index >= 15 is 0 Å². The molecule has 0 spiro atoms. The van der Waals surface area contributed by atoms with Crippen molar-refractivity contribution < 1.29 is 0 Å². The molecule has 2 aromatic rings. The minimum absolute atomic E-state index is 0.874. The average molecular weight is 226 g/mol. The Kier molecular flexibility index (Phi) is 3.52. The molecule has 0 atom stereocenters. The van der Waals surface area contributed by atoms with Gasteiger partial charge in [-0.05, 0) is 31.4 Å². The molecule has 17 heavy (non-hydrogen) atoms. The van der Waals surface area contributed by atoms with Crippen LogP contribution in [0.1, 0.15) is 35.3 Å². The van der Waals surface area contributed by atoms with E-state index in [1.807, 2.05) is 13.0 Å². The van der Waals surface area contributed by atoms with E-state index in [0.717, 1.165) is 24.4 Å². The second kappa shape index (κ2) is 5.09. The lowest BCUT2D eigenvalue weighted by Gasteiger charge is -2.10. The third-order valence-corrected chi connectivity index (χ3v) is 3.01. The molecule has 2 nitrogen and oxygen atoms in total. The van der Waals surface area contributed by atoms with Gasteiger partial charge < -0.3 is 0 Å². The maximum Gasteiger partial charge on any atom is 0.125 e. The predicted molar refractivity (Wildman–Crippen MR) is 70.1 cm³/mol. The number of rotatable bonds is 3. The molecule has 0 bridgehead atoms. The van der Waals surface area contributed by atoms with E-state index in [1.54, 1.807) is 0 Å². The van der Waals surface area contributed by atoms with Crippen molar-refractivity contribution in [2.24, 2.45) is 0 Å². The summed E-state index contributed by atoms with van der Waals surface area (Å²) in [6.45, 7) is 6.23. The van der Waals surface area contributed by atoms with Gasteiger partial charge in [-0.1, -0.05) is 37.3 Å². The van der Waals surface area contributed by atoms with Gasteiger partial charge in [0.25, 0.3) is 0 Å². The molecule has 88 valence electrons. The first-order valence-corrected chi connectivity index (χ1v) is 6.07. The number of nitrogens with zero attached hydrogens (tertiary/aromatic N) is 2. The van der Waals surface area contributed by atoms with Crippen LogP contribution in [0.2, 0.25) is 0 Å². The molecule has 2 heteroatoms. The van der Waals surface area contributed by atoms with Crippen molar-refractivity contribution in [1.82, 2.24) is 9.97 Å². The molecule has 0 fully saturated rings. The molecule has 0 unspecified atom stereocenters. The van der Waals surface area contributed by atoms with E-state index in [0.29, 0.717) is 0 Å². The fourth-order valence-electron chi connectivity index (χ4n) is 2.06. The van der Waals surface area contributed by atoms with Crippen molar-refractivity contribution >= 4 is 0 Å². The van der Waals surface area contributed by atoms with Crippen LogP contribution in [-0.4, -0.2) is 9.97 Å². The summed E-state index contributed by atoms with van der Waals surface area (Å²) in [7, 11) is 0. The summed E-state index contributed by atoms with van der Waals surface area (Å²) < 4.78 is 0. The van der Waals surface area contributed by atoms with Crippen LogP contribution in [0.15, 0.2) is 30.3 Å². The smallest absolute Gasteiger partial charge is 0.125 e. The summed E-state index contributed by atoms with van der Waals surface area (Å²) >= 11 is 0. The quantitative estimate of drug-likeness (QED) is 0.803. The number of aryl methyl sites for hydroxylation is 2. The number of aromatic nitrogens is 2. The summed E-state index contributed by atoms with van der Waals surface area (Å²) in [5.74, 6) is 0.874. The second-order valence-electron chi connectivity index (χ2n) is 4.31. The molecule has 0 aliphatic heterocycles. The van der Waals surface area contributed by atoms with Crippen LogP contribution < -0.4 is 0 Å². The maximum absolute atomic E-state index is 4.57. The summed E-state index contributed by atoms with van der Waals surface area (Å²) in [4.78, 5) is 9.05. The predicted octanol–water partition coefficient (Wildman–Crippen LogP) is 3.25. The SMILES string of the molecule is CCc1nc(C)nc(Cc2ccccc2)c1C. The summed E-state index contributed by atoms with van der Waals surface area (Å²) in [6.07, 6.45) is 1.86. The summed E-state index contributed by atoms with van der Waals surface area (Å²) in [5, 5.41) is 0. The average Bonchev–Trinajstić information content (AvgIpc) is 2.34. The molecule has 0 aliphatic carbocycles. The highest BCUT2D eigenvalue weighted by Crippen LogP contribution is 2.15. The molecular weight excluding hydrogens is 208 g/mol. The van der Waals surface area contributed by atoms with E-state index in [-0.39, 0.29) is 0 Å². The molecule has 2 rings (SSSR count). The zero-order valence-electron chi connectivity index (χ0n) is 10.7. The van der Waals surface area contributed by atoms with Crippen LogP contribution in [0.3, 0.4) is 0 Å². The van der Waals surface area contributed by atoms with E-state index in [9.17, 15) is 0 Å². The molecule has 0 N–H and O–H groups in total. The Bertz CT molecular complexity index is 504. The minimum atomic E-state index is 0.874. The van der Waals surface area contributed by atoms with Gasteiger partial charge in [-0.25, -0.2) is 9.97 Å². The topological polar surface area (TPSA) is 25.8 Å². The Morgan fingerprint density at radius 3 is 2.24 bits per heavy atom. The van der Waals surface area contributed by atoms with Crippen molar-refractivity contribution in [3.05, 3.63) is 58.7 Å². The number of hydrogen-bond donors (Lipinski definition) is 0. The van der Waals surface area contributed by atoms with Crippen LogP contribution >= 0.6 is 0 Å². The Morgan fingerprint density at radius 1 is 0.941 bits per heavy atom. The van der Waals surface area contributed by atoms with E-state index in [4.69, 9.17) is 0 Å². The molecule has 0 saturated carbocycles. The number of hydrogen-bond acceptors (Lipinski definition) is 2. The van der Waals surface area contributed by atoms with Crippen LogP contribution in [0.4, 0.5) is 0 Å². The first-order valence-electron chi connectivity index (χ1n) is 6.07. The minimum Gasteiger partial charge on any atom is -0.238 e. The van der Waals surface area contributed by atoms with E-state index in [2.05, 4.69) is 48.1 Å². The summed E-state index contributed by atoms with van der Waals surface area (Å²) in [5.41, 5.74) is 4.86. The summed E-state index contributed by atoms with van der Waals surface area (Å²) in [6, 6.07) is 10.5. The van der Waals surface area contributed by atoms with Gasteiger partial charge in [0.1, 0.15) is 5.82 Å². The standard InChI is InChI=1S/C15H18N2/c1-4-14-11(2)15(17-12(3)16-14)10-13-8-6-5-7-9-13/h5-9H,4,10H2,1-3H3. The molecule has 1 aromatic carbocycles. The van der Waals surface area contributed by atoms with Gasteiger partial charge in [0, 0.05) is 12.1 Å². The second-order valence-corrected chi connectivity index (χ2v) is 4.31. The third kappa shape index (κ3) is 2.70. The first-order chi connectivity index (χ1) is 8.20. The van der Waals surface area contributed by atoms with Gasteiger partial charge in [0.2, 0.25) is 0 Å². The van der Waals surface area contributed by atoms with Crippen LogP contribution in [0.25, 0.3) is 0 Å². The monoisotopic (exact) mass is 226 g/mol. The van der Waals surface area contributed by atoms with Crippen molar-refractivity contribution in [3.8, 4) is 0 Å². The molecule has 1 aromatic heterocycles. The Hall–Kier alpha value is -1.70. The number of benzene rings is 1. The molecule has 0 aliphatic rings. The van der Waals surface area contributed by atoms with Crippen molar-refractivity contribution in [2.45, 2.75) is 33.6 Å². The molecule has 1 heterocycles. The lowest BCUT2D eigenvalue weighted by Crippen LogP contribution is -2.05. The highest BCUT2D eigenvalue weighted by molar-refractivity contribution is 5.30. The lowest BCUT2D eigenvalue weighted by atomic mass is 10.0. The zero-order valence-corrected chi connectivity index (χ0v) is 10.7. The van der Waals surface area contributed by atoms with Crippen molar-refractivity contribution in [1.29, 1.82) is 0 Å². The van der Waals surface area contributed by atoms with Gasteiger partial charge in [0.05, 0.1) is 5.69 Å². The first kappa shape index (κ1) is 11.8. The highest BCUT2D eigenvalue weighted by Gasteiger charge is 2.08. The fourth-order valence-corrected chi connectivity index (χ4v) is 2.06. The van der Waals surface area contributed by atoms with Gasteiger partial charge in [-0.15, -0.1) is 0 Å². The highest BCUT2D eigenvalue weighted by atomic mass is 14.9. The van der Waals surface area contributed by atoms with Crippen LogP contribution in [0.5, 0.6) is 0 Å². The molecule has 0 amide bonds. The van der Waals surface area contributed by atoms with E-state index in [1.165, 1.54) is 16.8 Å². The van der Waals surface area contributed by atoms with E-state index < -0.39 is 0 Å². The Morgan fingerprint density at radius 2 is 1.59 bits per heavy atom. The van der Waals surface area contributed by atoms with Crippen molar-refractivity contribution in [3.63, 3.8) is 0 Å². The maximum atomic E-state index is 4.57. The lowest BCUT2D eigenvalue weighted by molar-refractivity contribution is 0.878.